The van der Waals surface area contributed by atoms with E-state index in [1.807, 2.05) is 0 Å². The van der Waals surface area contributed by atoms with Gasteiger partial charge in [-0.1, -0.05) is 0 Å². The van der Waals surface area contributed by atoms with Crippen molar-refractivity contribution in [3.63, 3.8) is 0 Å². The molecule has 7 heteroatoms. The standard InChI is InChI=1S/C12H10N2O5/c1-5-3-7-10(6(2)11(5)14(18)19)8(15)4-9(16)12(17)13-7/h3-4,15H,1-2H3,(H,13,16,17). The van der Waals surface area contributed by atoms with Crippen molar-refractivity contribution in [3.05, 3.63) is 54.0 Å². The number of aryl methyl sites for hydroxylation is 2. The fraction of sp³-hybridized carbons (Fsp3) is 0.167. The van der Waals surface area contributed by atoms with Gasteiger partial charge in [-0.3, -0.25) is 19.7 Å². The van der Waals surface area contributed by atoms with Crippen molar-refractivity contribution in [2.45, 2.75) is 13.8 Å². The molecule has 1 aromatic heterocycles. The number of nitro benzene ring substituents is 1. The van der Waals surface area contributed by atoms with E-state index in [-0.39, 0.29) is 22.2 Å². The Bertz CT molecular complexity index is 823. The molecule has 2 aromatic rings. The summed E-state index contributed by atoms with van der Waals surface area (Å²) in [6, 6.07) is 2.12. The van der Waals surface area contributed by atoms with Gasteiger partial charge in [0.05, 0.1) is 10.4 Å². The van der Waals surface area contributed by atoms with Crippen molar-refractivity contribution >= 4 is 16.6 Å². The van der Waals surface area contributed by atoms with Gasteiger partial charge in [0.2, 0.25) is 5.43 Å². The van der Waals surface area contributed by atoms with Crippen LogP contribution in [0.2, 0.25) is 0 Å². The zero-order chi connectivity index (χ0) is 14.3. The second kappa shape index (κ2) is 4.20. The van der Waals surface area contributed by atoms with Crippen LogP contribution in [0.4, 0.5) is 5.69 Å². The number of nitrogens with zero attached hydrogens (tertiary/aromatic N) is 1. The largest absolute Gasteiger partial charge is 0.507 e. The van der Waals surface area contributed by atoms with Crippen molar-refractivity contribution < 1.29 is 10.0 Å². The Kier molecular flexibility index (Phi) is 2.82. The maximum absolute atomic E-state index is 11.4. The Hall–Kier alpha value is -2.70. The summed E-state index contributed by atoms with van der Waals surface area (Å²) in [7, 11) is 0. The van der Waals surface area contributed by atoms with Gasteiger partial charge in [-0.2, -0.15) is 0 Å². The quantitative estimate of drug-likeness (QED) is 0.454. The fourth-order valence-electron chi connectivity index (χ4n) is 2.13. The van der Waals surface area contributed by atoms with E-state index in [1.54, 1.807) is 0 Å². The highest BCUT2D eigenvalue weighted by Crippen LogP contribution is 2.33. The molecule has 0 spiro atoms. The number of H-pyrrole nitrogens is 1. The van der Waals surface area contributed by atoms with Gasteiger partial charge in [0.15, 0.2) is 0 Å². The highest BCUT2D eigenvalue weighted by Gasteiger charge is 2.19. The first-order chi connectivity index (χ1) is 8.82. The van der Waals surface area contributed by atoms with Gasteiger partial charge in [-0.15, -0.1) is 0 Å². The van der Waals surface area contributed by atoms with Crippen LogP contribution in [0.1, 0.15) is 11.1 Å². The van der Waals surface area contributed by atoms with E-state index in [0.29, 0.717) is 5.56 Å². The molecule has 0 unspecified atom stereocenters. The zero-order valence-electron chi connectivity index (χ0n) is 10.2. The van der Waals surface area contributed by atoms with E-state index < -0.39 is 21.7 Å². The number of aromatic hydroxyl groups is 1. The SMILES string of the molecule is Cc1cc2[nH]c(=O)c(=O)cc(O)c2c(C)c1[N+](=O)[O-]. The first-order valence-electron chi connectivity index (χ1n) is 5.38. The van der Waals surface area contributed by atoms with Gasteiger partial charge in [0, 0.05) is 22.6 Å². The number of aromatic nitrogens is 1. The third kappa shape index (κ3) is 1.95. The molecule has 0 bridgehead atoms. The fourth-order valence-corrected chi connectivity index (χ4v) is 2.13. The van der Waals surface area contributed by atoms with E-state index in [9.17, 15) is 24.8 Å². The molecule has 1 aromatic carbocycles. The van der Waals surface area contributed by atoms with Crippen LogP contribution in [0.3, 0.4) is 0 Å². The van der Waals surface area contributed by atoms with Gasteiger partial charge in [0.1, 0.15) is 5.75 Å². The summed E-state index contributed by atoms with van der Waals surface area (Å²) in [4.78, 5) is 35.5. The molecule has 2 N–H and O–H groups in total. The summed E-state index contributed by atoms with van der Waals surface area (Å²) >= 11 is 0. The van der Waals surface area contributed by atoms with Crippen LogP contribution < -0.4 is 11.0 Å². The van der Waals surface area contributed by atoms with Crippen molar-refractivity contribution in [2.75, 3.05) is 0 Å². The number of aromatic amines is 1. The average Bonchev–Trinajstić information content (AvgIpc) is 2.36. The summed E-state index contributed by atoms with van der Waals surface area (Å²) in [6.07, 6.45) is 0. The predicted octanol–water partition coefficient (Wildman–Crippen LogP) is 1.12. The number of nitro groups is 1. The molecule has 0 saturated heterocycles. The highest BCUT2D eigenvalue weighted by molar-refractivity contribution is 5.91. The topological polar surface area (TPSA) is 113 Å². The minimum atomic E-state index is -0.909. The molecule has 0 saturated carbocycles. The zero-order valence-corrected chi connectivity index (χ0v) is 10.2. The lowest BCUT2D eigenvalue weighted by Crippen LogP contribution is -2.22. The van der Waals surface area contributed by atoms with E-state index in [2.05, 4.69) is 4.98 Å². The van der Waals surface area contributed by atoms with Crippen molar-refractivity contribution in [3.8, 4) is 5.75 Å². The summed E-state index contributed by atoms with van der Waals surface area (Å²) in [5.74, 6) is -0.459. The van der Waals surface area contributed by atoms with Gasteiger partial charge in [-0.05, 0) is 19.9 Å². The Morgan fingerprint density at radius 2 is 1.89 bits per heavy atom. The first-order valence-corrected chi connectivity index (χ1v) is 5.38. The number of hydrogen-bond acceptors (Lipinski definition) is 5. The molecule has 2 rings (SSSR count). The van der Waals surface area contributed by atoms with Crippen LogP contribution in [0.5, 0.6) is 5.75 Å². The van der Waals surface area contributed by atoms with E-state index in [1.165, 1.54) is 19.9 Å². The molecule has 98 valence electrons. The van der Waals surface area contributed by atoms with Crippen LogP contribution in [0.25, 0.3) is 10.9 Å². The summed E-state index contributed by atoms with van der Waals surface area (Å²) in [5, 5.41) is 20.9. The van der Waals surface area contributed by atoms with Crippen LogP contribution in [0.15, 0.2) is 21.7 Å². The van der Waals surface area contributed by atoms with Gasteiger partial charge in [0.25, 0.3) is 11.2 Å². The first kappa shape index (κ1) is 12.7. The smallest absolute Gasteiger partial charge is 0.296 e. The normalized spacial score (nSPS) is 10.6. The molecule has 0 atom stereocenters. The minimum Gasteiger partial charge on any atom is -0.507 e. The molecular formula is C12H10N2O5. The third-order valence-corrected chi connectivity index (χ3v) is 2.91. The monoisotopic (exact) mass is 262 g/mol. The van der Waals surface area contributed by atoms with Crippen LogP contribution in [-0.2, 0) is 0 Å². The van der Waals surface area contributed by atoms with Gasteiger partial charge in [-0.25, -0.2) is 0 Å². The molecule has 19 heavy (non-hydrogen) atoms. The lowest BCUT2D eigenvalue weighted by Gasteiger charge is -2.05. The molecule has 7 nitrogen and oxygen atoms in total. The summed E-state index contributed by atoms with van der Waals surface area (Å²) in [6.45, 7) is 2.97. The van der Waals surface area contributed by atoms with Crippen LogP contribution in [-0.4, -0.2) is 15.0 Å². The van der Waals surface area contributed by atoms with Crippen molar-refractivity contribution in [1.82, 2.24) is 4.98 Å². The second-order valence-electron chi connectivity index (χ2n) is 4.19. The maximum atomic E-state index is 11.4. The minimum absolute atomic E-state index is 0.0940. The maximum Gasteiger partial charge on any atom is 0.296 e. The van der Waals surface area contributed by atoms with Crippen LogP contribution >= 0.6 is 0 Å². The van der Waals surface area contributed by atoms with Gasteiger partial charge < -0.3 is 10.1 Å². The highest BCUT2D eigenvalue weighted by atomic mass is 16.6. The number of benzene rings is 1. The van der Waals surface area contributed by atoms with Crippen molar-refractivity contribution in [2.24, 2.45) is 0 Å². The molecule has 0 aliphatic carbocycles. The summed E-state index contributed by atoms with van der Waals surface area (Å²) in [5.41, 5.74) is -1.23. The Balaban J connectivity index is 3.16. The molecular weight excluding hydrogens is 252 g/mol. The molecule has 0 radical (unpaired) electrons. The molecule has 0 fully saturated rings. The number of nitrogens with one attached hydrogen (secondary N) is 1. The van der Waals surface area contributed by atoms with E-state index in [0.717, 1.165) is 6.07 Å². The lowest BCUT2D eigenvalue weighted by atomic mass is 10.0. The summed E-state index contributed by atoms with van der Waals surface area (Å²) < 4.78 is 0. The van der Waals surface area contributed by atoms with Crippen molar-refractivity contribution in [1.29, 1.82) is 0 Å². The molecule has 0 amide bonds. The number of fused-ring (bicyclic) bond motifs is 1. The van der Waals surface area contributed by atoms with E-state index >= 15 is 0 Å². The lowest BCUT2D eigenvalue weighted by molar-refractivity contribution is -0.385. The predicted molar refractivity (Wildman–Crippen MR) is 68.6 cm³/mol. The Labute approximate surface area is 106 Å². The van der Waals surface area contributed by atoms with E-state index in [4.69, 9.17) is 0 Å². The third-order valence-electron chi connectivity index (χ3n) is 2.91. The Morgan fingerprint density at radius 3 is 2.47 bits per heavy atom. The average molecular weight is 262 g/mol. The molecule has 0 aliphatic rings. The Morgan fingerprint density at radius 1 is 1.26 bits per heavy atom. The van der Waals surface area contributed by atoms with Crippen LogP contribution in [0, 0.1) is 24.0 Å². The second-order valence-corrected chi connectivity index (χ2v) is 4.19. The number of rotatable bonds is 1. The number of hydrogen-bond donors (Lipinski definition) is 2. The van der Waals surface area contributed by atoms with Gasteiger partial charge >= 0.3 is 0 Å². The molecule has 1 heterocycles. The molecule has 0 aliphatic heterocycles.